The van der Waals surface area contributed by atoms with Gasteiger partial charge in [0, 0.05) is 44.7 Å². The summed E-state index contributed by atoms with van der Waals surface area (Å²) in [5, 5.41) is 7.12. The van der Waals surface area contributed by atoms with E-state index >= 15 is 0 Å². The summed E-state index contributed by atoms with van der Waals surface area (Å²) in [6.07, 6.45) is -0.773. The number of carboxylic acid groups (broad SMARTS) is 1. The number of ether oxygens (including phenoxy) is 1. The van der Waals surface area contributed by atoms with Crippen molar-refractivity contribution in [3.05, 3.63) is 0 Å². The van der Waals surface area contributed by atoms with Crippen LogP contribution in [0.15, 0.2) is 0 Å². The van der Waals surface area contributed by atoms with E-state index in [4.69, 9.17) is 14.6 Å². The van der Waals surface area contributed by atoms with E-state index in [1.807, 2.05) is 0 Å². The molecule has 0 aromatic carbocycles. The van der Waals surface area contributed by atoms with Crippen molar-refractivity contribution in [2.75, 3.05) is 39.9 Å². The molecule has 1 spiro atoms. The van der Waals surface area contributed by atoms with Gasteiger partial charge in [-0.05, 0) is 25.7 Å². The number of nitrogens with zero attached hydrogens (tertiary/aromatic N) is 2. The van der Waals surface area contributed by atoms with E-state index < -0.39 is 12.1 Å². The van der Waals surface area contributed by atoms with Crippen molar-refractivity contribution in [1.29, 1.82) is 0 Å². The van der Waals surface area contributed by atoms with E-state index in [-0.39, 0.29) is 11.5 Å². The molecule has 2 saturated heterocycles. The van der Waals surface area contributed by atoms with Gasteiger partial charge in [-0.3, -0.25) is 9.69 Å². The third-order valence-electron chi connectivity index (χ3n) is 5.30. The summed E-state index contributed by atoms with van der Waals surface area (Å²) in [6, 6.07) is 0. The molecular weight excluding hydrogens is 353 g/mol. The molecule has 0 saturated carbocycles. The minimum Gasteiger partial charge on any atom is -0.475 e. The molecule has 152 valence electrons. The highest BCUT2D eigenvalue weighted by Gasteiger charge is 2.50. The predicted molar refractivity (Wildman–Crippen MR) is 89.8 cm³/mol. The quantitative estimate of drug-likeness (QED) is 0.764. The largest absolute Gasteiger partial charge is 0.490 e. The first kappa shape index (κ1) is 22.7. The van der Waals surface area contributed by atoms with Crippen LogP contribution in [0.4, 0.5) is 13.2 Å². The van der Waals surface area contributed by atoms with Crippen LogP contribution in [0.2, 0.25) is 0 Å². The van der Waals surface area contributed by atoms with Crippen LogP contribution in [0.1, 0.15) is 39.5 Å². The van der Waals surface area contributed by atoms with Crippen LogP contribution in [0.3, 0.4) is 0 Å². The zero-order chi connectivity index (χ0) is 20.0. The maximum atomic E-state index is 12.4. The second kappa shape index (κ2) is 9.55. The Kier molecular flexibility index (Phi) is 8.33. The van der Waals surface area contributed by atoms with Crippen LogP contribution in [-0.2, 0) is 14.3 Å². The van der Waals surface area contributed by atoms with Gasteiger partial charge in [-0.1, -0.05) is 13.8 Å². The number of carboxylic acids is 1. The standard InChI is InChI=1S/C15H28N2O2.C2HF3O2/c1-4-13(5-2)14(18)16-8-6-15(12-16)7-9-17(15)10-11-19-3;3-2(4,5)1(6)7/h13H,4-12H2,1-3H3;(H,6,7). The van der Waals surface area contributed by atoms with E-state index in [9.17, 15) is 18.0 Å². The van der Waals surface area contributed by atoms with Crippen molar-refractivity contribution in [2.24, 2.45) is 5.92 Å². The van der Waals surface area contributed by atoms with Crippen LogP contribution in [0.5, 0.6) is 0 Å². The fourth-order valence-corrected chi connectivity index (χ4v) is 3.54. The number of likely N-dealkylation sites (tertiary alicyclic amines) is 2. The number of carbonyl (C=O) groups is 2. The topological polar surface area (TPSA) is 70.1 Å². The van der Waals surface area contributed by atoms with Gasteiger partial charge in [0.1, 0.15) is 0 Å². The Bertz CT molecular complexity index is 483. The Hall–Kier alpha value is -1.35. The number of halogens is 3. The van der Waals surface area contributed by atoms with Crippen LogP contribution < -0.4 is 0 Å². The summed E-state index contributed by atoms with van der Waals surface area (Å²) >= 11 is 0. The number of aliphatic carboxylic acids is 1. The highest BCUT2D eigenvalue weighted by Crippen LogP contribution is 2.39. The molecular formula is C17H29F3N2O4. The van der Waals surface area contributed by atoms with Crippen LogP contribution in [0.25, 0.3) is 0 Å². The molecule has 0 radical (unpaired) electrons. The summed E-state index contributed by atoms with van der Waals surface area (Å²) in [6.45, 7) is 9.07. The first-order valence-corrected chi connectivity index (χ1v) is 8.94. The Morgan fingerprint density at radius 1 is 1.19 bits per heavy atom. The predicted octanol–water partition coefficient (Wildman–Crippen LogP) is 2.38. The minimum absolute atomic E-state index is 0.225. The Labute approximate surface area is 152 Å². The first-order chi connectivity index (χ1) is 12.1. The molecule has 2 heterocycles. The van der Waals surface area contributed by atoms with Gasteiger partial charge >= 0.3 is 12.1 Å². The SMILES string of the molecule is CCC(CC)C(=O)N1CCC2(CCN2CCOC)C1.O=C(O)C(F)(F)F. The number of methoxy groups -OCH3 is 1. The molecule has 0 aromatic rings. The lowest BCUT2D eigenvalue weighted by molar-refractivity contribution is -0.192. The van der Waals surface area contributed by atoms with Crippen molar-refractivity contribution < 1.29 is 32.6 Å². The minimum atomic E-state index is -5.08. The molecule has 0 aromatic heterocycles. The van der Waals surface area contributed by atoms with E-state index in [0.717, 1.165) is 52.0 Å². The molecule has 6 nitrogen and oxygen atoms in total. The Morgan fingerprint density at radius 2 is 1.73 bits per heavy atom. The van der Waals surface area contributed by atoms with E-state index in [2.05, 4.69) is 23.6 Å². The van der Waals surface area contributed by atoms with E-state index in [1.54, 1.807) is 7.11 Å². The number of carbonyl (C=O) groups excluding carboxylic acids is 1. The van der Waals surface area contributed by atoms with Gasteiger partial charge < -0.3 is 14.7 Å². The zero-order valence-corrected chi connectivity index (χ0v) is 15.6. The smallest absolute Gasteiger partial charge is 0.475 e. The molecule has 1 unspecified atom stereocenters. The lowest BCUT2D eigenvalue weighted by Gasteiger charge is -2.50. The average molecular weight is 382 g/mol. The monoisotopic (exact) mass is 382 g/mol. The van der Waals surface area contributed by atoms with Crippen LogP contribution in [-0.4, -0.2) is 78.4 Å². The molecule has 1 atom stereocenters. The number of alkyl halides is 3. The van der Waals surface area contributed by atoms with Crippen molar-refractivity contribution in [3.8, 4) is 0 Å². The molecule has 1 N–H and O–H groups in total. The summed E-state index contributed by atoms with van der Waals surface area (Å²) in [4.78, 5) is 26.0. The summed E-state index contributed by atoms with van der Waals surface area (Å²) in [5.41, 5.74) is 0.278. The normalized spacial score (nSPS) is 23.0. The highest BCUT2D eigenvalue weighted by molar-refractivity contribution is 5.79. The summed E-state index contributed by atoms with van der Waals surface area (Å²) < 4.78 is 36.9. The van der Waals surface area contributed by atoms with Crippen molar-refractivity contribution >= 4 is 11.9 Å². The van der Waals surface area contributed by atoms with Gasteiger partial charge in [0.05, 0.1) is 6.61 Å². The molecule has 2 aliphatic rings. The van der Waals surface area contributed by atoms with Gasteiger partial charge in [-0.2, -0.15) is 13.2 Å². The third-order valence-corrected chi connectivity index (χ3v) is 5.30. The van der Waals surface area contributed by atoms with Gasteiger partial charge in [-0.25, -0.2) is 4.79 Å². The zero-order valence-electron chi connectivity index (χ0n) is 15.6. The molecule has 1 amide bonds. The summed E-state index contributed by atoms with van der Waals surface area (Å²) in [5.74, 6) is -2.16. The molecule has 0 bridgehead atoms. The lowest BCUT2D eigenvalue weighted by atomic mass is 9.84. The summed E-state index contributed by atoms with van der Waals surface area (Å²) in [7, 11) is 1.75. The Morgan fingerprint density at radius 3 is 2.12 bits per heavy atom. The van der Waals surface area contributed by atoms with Crippen molar-refractivity contribution in [2.45, 2.75) is 51.2 Å². The van der Waals surface area contributed by atoms with Crippen LogP contribution in [0, 0.1) is 5.92 Å². The lowest BCUT2D eigenvalue weighted by Crippen LogP contribution is -2.62. The van der Waals surface area contributed by atoms with Gasteiger partial charge in [0.15, 0.2) is 0 Å². The second-order valence-electron chi connectivity index (χ2n) is 6.78. The van der Waals surface area contributed by atoms with Gasteiger partial charge in [-0.15, -0.1) is 0 Å². The number of hydrogen-bond donors (Lipinski definition) is 1. The molecule has 0 aliphatic carbocycles. The third kappa shape index (κ3) is 5.57. The molecule has 2 fully saturated rings. The first-order valence-electron chi connectivity index (χ1n) is 8.94. The van der Waals surface area contributed by atoms with Crippen molar-refractivity contribution in [3.63, 3.8) is 0 Å². The molecule has 2 aliphatic heterocycles. The molecule has 26 heavy (non-hydrogen) atoms. The van der Waals surface area contributed by atoms with Gasteiger partial charge in [0.2, 0.25) is 5.91 Å². The van der Waals surface area contributed by atoms with Gasteiger partial charge in [0.25, 0.3) is 0 Å². The number of rotatable bonds is 6. The molecule has 2 rings (SSSR count). The number of amides is 1. The van der Waals surface area contributed by atoms with E-state index in [1.165, 1.54) is 6.42 Å². The van der Waals surface area contributed by atoms with Crippen LogP contribution >= 0.6 is 0 Å². The van der Waals surface area contributed by atoms with Crippen molar-refractivity contribution in [1.82, 2.24) is 9.80 Å². The second-order valence-corrected chi connectivity index (χ2v) is 6.78. The maximum absolute atomic E-state index is 12.4. The fraction of sp³-hybridized carbons (Fsp3) is 0.882. The maximum Gasteiger partial charge on any atom is 0.490 e. The van der Waals surface area contributed by atoms with E-state index in [0.29, 0.717) is 5.91 Å². The Balaban J connectivity index is 0.000000412. The average Bonchev–Trinajstić information content (AvgIpc) is 3.03. The number of hydrogen-bond acceptors (Lipinski definition) is 4. The molecule has 9 heteroatoms. The fourth-order valence-electron chi connectivity index (χ4n) is 3.54. The highest BCUT2D eigenvalue weighted by atomic mass is 19.4.